The number of methoxy groups -OCH3 is 2. The van der Waals surface area contributed by atoms with Crippen LogP contribution in [0.15, 0.2) is 48.5 Å². The highest BCUT2D eigenvalue weighted by Gasteiger charge is 2.35. The maximum atomic E-state index is 13.2. The van der Waals surface area contributed by atoms with Crippen LogP contribution in [0.1, 0.15) is 6.42 Å². The molecule has 2 aromatic rings. The number of hydrogen-bond acceptors (Lipinski definition) is 7. The average molecular weight is 496 g/mol. The van der Waals surface area contributed by atoms with Crippen molar-refractivity contribution in [3.8, 4) is 11.5 Å². The van der Waals surface area contributed by atoms with E-state index < -0.39 is 6.04 Å². The SMILES string of the molecule is COc1ccc(NC(=O)CC2C(=O)NCCN2C(=O)CN2CCN(c3cccc(OC)c3)CC2)cc1. The van der Waals surface area contributed by atoms with Crippen molar-refractivity contribution in [2.24, 2.45) is 0 Å². The standard InChI is InChI=1S/C26H33N5O5/c1-35-21-8-6-19(7-9-21)28-24(32)17-23-26(34)27-10-11-31(23)25(33)18-29-12-14-30(15-13-29)20-4-3-5-22(16-20)36-2/h3-9,16,23H,10-15,17-18H2,1-2H3,(H,27,34)(H,28,32). The van der Waals surface area contributed by atoms with Gasteiger partial charge >= 0.3 is 0 Å². The molecule has 2 heterocycles. The van der Waals surface area contributed by atoms with E-state index in [2.05, 4.69) is 26.5 Å². The second-order valence-electron chi connectivity index (χ2n) is 8.84. The minimum absolute atomic E-state index is 0.104. The predicted molar refractivity (Wildman–Crippen MR) is 136 cm³/mol. The van der Waals surface area contributed by atoms with Crippen molar-refractivity contribution < 1.29 is 23.9 Å². The van der Waals surface area contributed by atoms with E-state index in [0.717, 1.165) is 37.6 Å². The van der Waals surface area contributed by atoms with Gasteiger partial charge in [-0.1, -0.05) is 6.07 Å². The van der Waals surface area contributed by atoms with Gasteiger partial charge in [-0.3, -0.25) is 19.3 Å². The van der Waals surface area contributed by atoms with Crippen LogP contribution < -0.4 is 25.0 Å². The van der Waals surface area contributed by atoms with E-state index in [0.29, 0.717) is 24.5 Å². The van der Waals surface area contributed by atoms with Gasteiger partial charge in [0.2, 0.25) is 17.7 Å². The fourth-order valence-electron chi connectivity index (χ4n) is 4.53. The van der Waals surface area contributed by atoms with Crippen LogP contribution in [-0.2, 0) is 14.4 Å². The Hall–Kier alpha value is -3.79. The lowest BCUT2D eigenvalue weighted by Gasteiger charge is -2.39. The first kappa shape index (κ1) is 25.3. The first-order valence-corrected chi connectivity index (χ1v) is 12.1. The van der Waals surface area contributed by atoms with Crippen molar-refractivity contribution in [1.29, 1.82) is 0 Å². The third-order valence-electron chi connectivity index (χ3n) is 6.55. The van der Waals surface area contributed by atoms with Crippen LogP contribution in [-0.4, -0.2) is 93.6 Å². The van der Waals surface area contributed by atoms with E-state index in [9.17, 15) is 14.4 Å². The molecule has 10 heteroatoms. The molecular formula is C26H33N5O5. The van der Waals surface area contributed by atoms with E-state index in [1.54, 1.807) is 43.4 Å². The Kier molecular flexibility index (Phi) is 8.27. The van der Waals surface area contributed by atoms with Gasteiger partial charge in [0.1, 0.15) is 17.5 Å². The zero-order valence-corrected chi connectivity index (χ0v) is 20.7. The molecule has 2 aliphatic heterocycles. The summed E-state index contributed by atoms with van der Waals surface area (Å²) in [5, 5.41) is 5.57. The Balaban J connectivity index is 1.31. The highest BCUT2D eigenvalue weighted by atomic mass is 16.5. The number of amides is 3. The maximum absolute atomic E-state index is 13.2. The number of hydrogen-bond donors (Lipinski definition) is 2. The van der Waals surface area contributed by atoms with Gasteiger partial charge in [-0.25, -0.2) is 0 Å². The number of ether oxygens (including phenoxy) is 2. The number of piperazine rings is 2. The van der Waals surface area contributed by atoms with Crippen LogP contribution >= 0.6 is 0 Å². The van der Waals surface area contributed by atoms with Gasteiger partial charge < -0.3 is 29.9 Å². The second-order valence-corrected chi connectivity index (χ2v) is 8.84. The molecule has 36 heavy (non-hydrogen) atoms. The summed E-state index contributed by atoms with van der Waals surface area (Å²) >= 11 is 0. The molecule has 1 unspecified atom stereocenters. The summed E-state index contributed by atoms with van der Waals surface area (Å²) in [7, 11) is 3.22. The van der Waals surface area contributed by atoms with Crippen molar-refractivity contribution >= 4 is 29.1 Å². The van der Waals surface area contributed by atoms with Crippen molar-refractivity contribution in [3.63, 3.8) is 0 Å². The molecule has 0 bridgehead atoms. The van der Waals surface area contributed by atoms with Crippen molar-refractivity contribution in [3.05, 3.63) is 48.5 Å². The Morgan fingerprint density at radius 2 is 1.69 bits per heavy atom. The average Bonchev–Trinajstić information content (AvgIpc) is 2.90. The quantitative estimate of drug-likeness (QED) is 0.567. The number of benzene rings is 2. The number of anilines is 2. The van der Waals surface area contributed by atoms with Gasteiger partial charge in [-0.05, 0) is 36.4 Å². The summed E-state index contributed by atoms with van der Waals surface area (Å²) in [5.41, 5.74) is 1.69. The molecule has 3 amide bonds. The molecule has 10 nitrogen and oxygen atoms in total. The minimum atomic E-state index is -0.831. The highest BCUT2D eigenvalue weighted by Crippen LogP contribution is 2.22. The van der Waals surface area contributed by atoms with Gasteiger partial charge in [0.15, 0.2) is 0 Å². The smallest absolute Gasteiger partial charge is 0.243 e. The van der Waals surface area contributed by atoms with E-state index in [-0.39, 0.29) is 30.7 Å². The summed E-state index contributed by atoms with van der Waals surface area (Å²) < 4.78 is 10.5. The molecule has 1 atom stereocenters. The second kappa shape index (κ2) is 11.8. The molecule has 2 aromatic carbocycles. The Bertz CT molecular complexity index is 1070. The van der Waals surface area contributed by atoms with E-state index in [4.69, 9.17) is 9.47 Å². The normalized spacial score (nSPS) is 18.4. The van der Waals surface area contributed by atoms with Crippen molar-refractivity contribution in [1.82, 2.24) is 15.1 Å². The first-order valence-electron chi connectivity index (χ1n) is 12.1. The lowest BCUT2D eigenvalue weighted by Crippen LogP contribution is -2.60. The fourth-order valence-corrected chi connectivity index (χ4v) is 4.53. The van der Waals surface area contributed by atoms with Crippen LogP contribution in [0.25, 0.3) is 0 Å². The van der Waals surface area contributed by atoms with Crippen molar-refractivity contribution in [2.45, 2.75) is 12.5 Å². The van der Waals surface area contributed by atoms with Crippen LogP contribution in [0.5, 0.6) is 11.5 Å². The van der Waals surface area contributed by atoms with Crippen molar-refractivity contribution in [2.75, 3.05) is 70.2 Å². The molecule has 2 N–H and O–H groups in total. The Morgan fingerprint density at radius 3 is 2.39 bits per heavy atom. The highest BCUT2D eigenvalue weighted by molar-refractivity contribution is 5.97. The third kappa shape index (κ3) is 6.25. The lowest BCUT2D eigenvalue weighted by molar-refractivity contribution is -0.145. The Labute approximate surface area is 211 Å². The van der Waals surface area contributed by atoms with Gasteiger partial charge in [-0.15, -0.1) is 0 Å². The summed E-state index contributed by atoms with van der Waals surface area (Å²) in [6.45, 7) is 4.01. The number of rotatable bonds is 8. The predicted octanol–water partition coefficient (Wildman–Crippen LogP) is 1.18. The fraction of sp³-hybridized carbons (Fsp3) is 0.423. The molecule has 0 spiro atoms. The summed E-state index contributed by atoms with van der Waals surface area (Å²) in [5.74, 6) is 0.729. The maximum Gasteiger partial charge on any atom is 0.243 e. The van der Waals surface area contributed by atoms with E-state index >= 15 is 0 Å². The monoisotopic (exact) mass is 495 g/mol. The Morgan fingerprint density at radius 1 is 0.972 bits per heavy atom. The van der Waals surface area contributed by atoms with Gasteiger partial charge in [0, 0.05) is 56.7 Å². The van der Waals surface area contributed by atoms with Crippen LogP contribution in [0.3, 0.4) is 0 Å². The molecule has 4 rings (SSSR count). The van der Waals surface area contributed by atoms with E-state index in [1.807, 2.05) is 18.2 Å². The molecule has 0 saturated carbocycles. The summed E-state index contributed by atoms with van der Waals surface area (Å²) in [4.78, 5) is 44.4. The zero-order chi connectivity index (χ0) is 25.5. The van der Waals surface area contributed by atoms with Gasteiger partial charge in [0.25, 0.3) is 0 Å². The van der Waals surface area contributed by atoms with Crippen LogP contribution in [0, 0.1) is 0 Å². The molecule has 192 valence electrons. The molecular weight excluding hydrogens is 462 g/mol. The van der Waals surface area contributed by atoms with Gasteiger partial charge in [0.05, 0.1) is 27.2 Å². The van der Waals surface area contributed by atoms with E-state index in [1.165, 1.54) is 0 Å². The van der Waals surface area contributed by atoms with Crippen LogP contribution in [0.4, 0.5) is 11.4 Å². The topological polar surface area (TPSA) is 103 Å². The molecule has 2 saturated heterocycles. The molecule has 0 radical (unpaired) electrons. The minimum Gasteiger partial charge on any atom is -0.497 e. The number of carbonyl (C=O) groups is 3. The number of carbonyl (C=O) groups excluding carboxylic acids is 3. The van der Waals surface area contributed by atoms with Crippen LogP contribution in [0.2, 0.25) is 0 Å². The number of nitrogens with one attached hydrogen (secondary N) is 2. The number of nitrogens with zero attached hydrogens (tertiary/aromatic N) is 3. The zero-order valence-electron chi connectivity index (χ0n) is 20.7. The molecule has 0 aliphatic carbocycles. The summed E-state index contributed by atoms with van der Waals surface area (Å²) in [6.07, 6.45) is -0.104. The third-order valence-corrected chi connectivity index (χ3v) is 6.55. The molecule has 0 aromatic heterocycles. The first-order chi connectivity index (χ1) is 17.5. The lowest BCUT2D eigenvalue weighted by atomic mass is 10.1. The summed E-state index contributed by atoms with van der Waals surface area (Å²) in [6, 6.07) is 14.1. The molecule has 2 fully saturated rings. The van der Waals surface area contributed by atoms with Gasteiger partial charge in [-0.2, -0.15) is 0 Å². The molecule has 2 aliphatic rings. The largest absolute Gasteiger partial charge is 0.497 e.